The van der Waals surface area contributed by atoms with E-state index in [1.54, 1.807) is 4.31 Å². The molecule has 0 spiro atoms. The van der Waals surface area contributed by atoms with Gasteiger partial charge < -0.3 is 4.90 Å². The average molecular weight is 425 g/mol. The van der Waals surface area contributed by atoms with Gasteiger partial charge in [0.15, 0.2) is 0 Å². The first-order valence-corrected chi connectivity index (χ1v) is 12.0. The smallest absolute Gasteiger partial charge is 0.307 e. The van der Waals surface area contributed by atoms with Gasteiger partial charge in [-0.1, -0.05) is 17.4 Å². The van der Waals surface area contributed by atoms with Crippen molar-refractivity contribution in [1.29, 1.82) is 0 Å². The van der Waals surface area contributed by atoms with Gasteiger partial charge >= 0.3 is 4.87 Å². The fraction of sp³-hybridized carbons (Fsp3) is 0.550. The van der Waals surface area contributed by atoms with Gasteiger partial charge in [0.1, 0.15) is 0 Å². The molecule has 0 atom stereocenters. The predicted molar refractivity (Wildman–Crippen MR) is 113 cm³/mol. The molecule has 154 valence electrons. The zero-order valence-electron chi connectivity index (χ0n) is 17.3. The van der Waals surface area contributed by atoms with Crippen molar-refractivity contribution < 1.29 is 13.3 Å². The Hall–Kier alpha value is -1.48. The Bertz CT molecular complexity index is 1000. The van der Waals surface area contributed by atoms with E-state index in [-0.39, 0.29) is 4.87 Å². The molecule has 1 fully saturated rings. The van der Waals surface area contributed by atoms with E-state index in [0.717, 1.165) is 47.6 Å². The molecular formula is C20H30N3O3S2+. The maximum Gasteiger partial charge on any atom is 0.307 e. The van der Waals surface area contributed by atoms with Gasteiger partial charge in [-0.25, -0.2) is 8.42 Å². The summed E-state index contributed by atoms with van der Waals surface area (Å²) in [7, 11) is -3.50. The Labute approximate surface area is 171 Å². The van der Waals surface area contributed by atoms with E-state index in [1.807, 2.05) is 44.6 Å². The molecule has 28 heavy (non-hydrogen) atoms. The van der Waals surface area contributed by atoms with Crippen molar-refractivity contribution >= 4 is 21.4 Å². The third-order valence-electron chi connectivity index (χ3n) is 5.99. The molecule has 1 N–H and O–H groups in total. The third kappa shape index (κ3) is 3.96. The van der Waals surface area contributed by atoms with Crippen molar-refractivity contribution in [3.63, 3.8) is 0 Å². The summed E-state index contributed by atoms with van der Waals surface area (Å²) in [6.45, 7) is 13.8. The number of rotatable bonds is 5. The minimum Gasteiger partial charge on any atom is -0.331 e. The second kappa shape index (κ2) is 8.10. The van der Waals surface area contributed by atoms with Crippen LogP contribution in [0.15, 0.2) is 21.1 Å². The standard InChI is InChI=1S/C20H29N3O3S2/c1-14-12-15(2)18(5)19(17(14)4)28(25,26)22-9-6-21(7-10-22)8-11-23-16(3)13-27-20(23)24/h12-13H,6-11H2,1-5H3/p+1. The summed E-state index contributed by atoms with van der Waals surface area (Å²) >= 11 is 1.23. The molecule has 3 rings (SSSR count). The van der Waals surface area contributed by atoms with E-state index in [1.165, 1.54) is 16.2 Å². The number of nitrogens with one attached hydrogen (secondary N) is 1. The van der Waals surface area contributed by atoms with Crippen LogP contribution >= 0.6 is 11.3 Å². The number of aryl methyl sites for hydroxylation is 3. The summed E-state index contributed by atoms with van der Waals surface area (Å²) in [6, 6.07) is 2.06. The summed E-state index contributed by atoms with van der Waals surface area (Å²) in [5, 5.41) is 1.89. The zero-order chi connectivity index (χ0) is 20.6. The molecular weight excluding hydrogens is 394 g/mol. The van der Waals surface area contributed by atoms with Crippen molar-refractivity contribution in [3.05, 3.63) is 49.1 Å². The highest BCUT2D eigenvalue weighted by atomic mass is 32.2. The number of quaternary nitrogens is 1. The van der Waals surface area contributed by atoms with E-state index in [2.05, 4.69) is 6.07 Å². The molecule has 0 amide bonds. The van der Waals surface area contributed by atoms with Gasteiger partial charge in [-0.15, -0.1) is 0 Å². The summed E-state index contributed by atoms with van der Waals surface area (Å²) in [4.78, 5) is 13.8. The second-order valence-corrected chi connectivity index (χ2v) is 10.5. The van der Waals surface area contributed by atoms with Crippen LogP contribution in [-0.2, 0) is 16.6 Å². The minimum absolute atomic E-state index is 0.0823. The highest BCUT2D eigenvalue weighted by Crippen LogP contribution is 2.28. The van der Waals surface area contributed by atoms with Crippen LogP contribution in [0, 0.1) is 34.6 Å². The quantitative estimate of drug-likeness (QED) is 0.780. The fourth-order valence-corrected chi connectivity index (χ4v) is 6.71. The first-order valence-electron chi connectivity index (χ1n) is 9.69. The molecule has 2 aromatic rings. The zero-order valence-corrected chi connectivity index (χ0v) is 19.0. The average Bonchev–Trinajstić information content (AvgIpc) is 2.96. The monoisotopic (exact) mass is 424 g/mol. The van der Waals surface area contributed by atoms with Crippen LogP contribution in [0.2, 0.25) is 0 Å². The summed E-state index contributed by atoms with van der Waals surface area (Å²) in [6.07, 6.45) is 0. The van der Waals surface area contributed by atoms with E-state index >= 15 is 0 Å². The number of thiazole rings is 1. The van der Waals surface area contributed by atoms with Crippen LogP contribution in [0.5, 0.6) is 0 Å². The maximum absolute atomic E-state index is 13.3. The lowest BCUT2D eigenvalue weighted by Gasteiger charge is -2.32. The predicted octanol–water partition coefficient (Wildman–Crippen LogP) is 1.04. The lowest BCUT2D eigenvalue weighted by atomic mass is 10.0. The van der Waals surface area contributed by atoms with Crippen molar-refractivity contribution in [3.8, 4) is 0 Å². The van der Waals surface area contributed by atoms with Gasteiger partial charge in [0.25, 0.3) is 0 Å². The van der Waals surface area contributed by atoms with Crippen LogP contribution < -0.4 is 9.77 Å². The molecule has 8 heteroatoms. The first-order chi connectivity index (χ1) is 13.1. The molecule has 1 aromatic heterocycles. The molecule has 2 heterocycles. The van der Waals surface area contributed by atoms with Gasteiger partial charge in [-0.2, -0.15) is 4.31 Å². The summed E-state index contributed by atoms with van der Waals surface area (Å²) in [5.41, 5.74) is 4.73. The minimum atomic E-state index is -3.50. The normalized spacial score (nSPS) is 16.6. The van der Waals surface area contributed by atoms with Crippen molar-refractivity contribution in [2.45, 2.75) is 46.1 Å². The molecule has 0 bridgehead atoms. The topological polar surface area (TPSA) is 63.8 Å². The fourth-order valence-electron chi connectivity index (χ4n) is 3.93. The first kappa shape index (κ1) is 21.2. The maximum atomic E-state index is 13.3. The van der Waals surface area contributed by atoms with Crippen molar-refractivity contribution in [2.75, 3.05) is 32.7 Å². The molecule has 0 radical (unpaired) electrons. The number of benzene rings is 1. The Morgan fingerprint density at radius 1 is 1.04 bits per heavy atom. The van der Waals surface area contributed by atoms with Gasteiger partial charge in [0.05, 0.1) is 44.2 Å². The van der Waals surface area contributed by atoms with Crippen molar-refractivity contribution in [2.24, 2.45) is 0 Å². The molecule has 0 saturated carbocycles. The Morgan fingerprint density at radius 3 is 2.11 bits per heavy atom. The van der Waals surface area contributed by atoms with Crippen LogP contribution in [-0.4, -0.2) is 50.0 Å². The summed E-state index contributed by atoms with van der Waals surface area (Å²) < 4.78 is 30.1. The Morgan fingerprint density at radius 2 is 1.61 bits per heavy atom. The lowest BCUT2D eigenvalue weighted by Crippen LogP contribution is -3.15. The number of piperazine rings is 1. The molecule has 1 aliphatic heterocycles. The number of aromatic nitrogens is 1. The molecule has 1 aromatic carbocycles. The molecule has 1 saturated heterocycles. The van der Waals surface area contributed by atoms with Gasteiger partial charge in [0.2, 0.25) is 10.0 Å². The van der Waals surface area contributed by atoms with E-state index in [9.17, 15) is 13.2 Å². The largest absolute Gasteiger partial charge is 0.331 e. The highest BCUT2D eigenvalue weighted by molar-refractivity contribution is 7.89. The number of nitrogens with zero attached hydrogens (tertiary/aromatic N) is 2. The van der Waals surface area contributed by atoms with Crippen LogP contribution in [0.3, 0.4) is 0 Å². The SMILES string of the molecule is Cc1cc(C)c(C)c(S(=O)(=O)N2CC[NH+](CCn3c(C)csc3=O)CC2)c1C. The molecule has 0 aliphatic carbocycles. The van der Waals surface area contributed by atoms with Gasteiger partial charge in [-0.05, 0) is 56.9 Å². The van der Waals surface area contributed by atoms with Crippen LogP contribution in [0.4, 0.5) is 0 Å². The lowest BCUT2D eigenvalue weighted by molar-refractivity contribution is -0.904. The second-order valence-electron chi connectivity index (χ2n) is 7.79. The molecule has 1 aliphatic rings. The van der Waals surface area contributed by atoms with E-state index < -0.39 is 10.0 Å². The summed E-state index contributed by atoms with van der Waals surface area (Å²) in [5.74, 6) is 0. The van der Waals surface area contributed by atoms with Gasteiger partial charge in [0, 0.05) is 11.1 Å². The number of sulfonamides is 1. The molecule has 6 nitrogen and oxygen atoms in total. The Balaban J connectivity index is 1.70. The Kier molecular flexibility index (Phi) is 6.14. The van der Waals surface area contributed by atoms with Gasteiger partial charge in [-0.3, -0.25) is 9.36 Å². The van der Waals surface area contributed by atoms with Crippen LogP contribution in [0.1, 0.15) is 27.9 Å². The van der Waals surface area contributed by atoms with E-state index in [0.29, 0.717) is 24.5 Å². The number of hydrogen-bond donors (Lipinski definition) is 1. The highest BCUT2D eigenvalue weighted by Gasteiger charge is 2.33. The van der Waals surface area contributed by atoms with Crippen molar-refractivity contribution in [1.82, 2.24) is 8.87 Å². The number of hydrogen-bond acceptors (Lipinski definition) is 4. The van der Waals surface area contributed by atoms with E-state index in [4.69, 9.17) is 0 Å². The molecule has 0 unspecified atom stereocenters. The third-order valence-corrected chi connectivity index (χ3v) is 9.04. The van der Waals surface area contributed by atoms with Crippen LogP contribution in [0.25, 0.3) is 0 Å².